The molecule has 0 saturated heterocycles. The molecular weight excluding hydrogens is 238 g/mol. The fraction of sp³-hybridized carbons (Fsp3) is 0.250. The maximum Gasteiger partial charge on any atom is 0.345 e. The van der Waals surface area contributed by atoms with Gasteiger partial charge in [-0.1, -0.05) is 25.5 Å². The quantitative estimate of drug-likeness (QED) is 0.604. The first kappa shape index (κ1) is 13.3. The molecule has 3 nitrogen and oxygen atoms in total. The SMILES string of the molecule is CCCCc1ccc(OC(=O)c2cccnc2)cc1. The average molecular weight is 255 g/mol. The number of esters is 1. The molecule has 1 aromatic heterocycles. The number of carbonyl (C=O) groups is 1. The first-order valence-corrected chi connectivity index (χ1v) is 6.50. The van der Waals surface area contributed by atoms with Crippen LogP contribution in [0.5, 0.6) is 5.75 Å². The van der Waals surface area contributed by atoms with Crippen LogP contribution in [-0.4, -0.2) is 11.0 Å². The number of unbranched alkanes of at least 4 members (excludes halogenated alkanes) is 1. The molecule has 1 heterocycles. The maximum absolute atomic E-state index is 11.8. The van der Waals surface area contributed by atoms with Gasteiger partial charge in [-0.05, 0) is 42.7 Å². The Morgan fingerprint density at radius 2 is 2.00 bits per heavy atom. The smallest absolute Gasteiger partial charge is 0.345 e. The highest BCUT2D eigenvalue weighted by atomic mass is 16.5. The minimum atomic E-state index is -0.380. The lowest BCUT2D eigenvalue weighted by Gasteiger charge is -2.05. The molecule has 0 spiro atoms. The van der Waals surface area contributed by atoms with Gasteiger partial charge in [-0.15, -0.1) is 0 Å². The van der Waals surface area contributed by atoms with E-state index in [-0.39, 0.29) is 5.97 Å². The van der Waals surface area contributed by atoms with Crippen LogP contribution >= 0.6 is 0 Å². The zero-order valence-electron chi connectivity index (χ0n) is 11.0. The fourth-order valence-corrected chi connectivity index (χ4v) is 1.75. The second kappa shape index (κ2) is 6.69. The van der Waals surface area contributed by atoms with Crippen LogP contribution in [0.3, 0.4) is 0 Å². The van der Waals surface area contributed by atoms with Crippen molar-refractivity contribution in [2.24, 2.45) is 0 Å². The van der Waals surface area contributed by atoms with E-state index in [0.717, 1.165) is 6.42 Å². The third-order valence-corrected chi connectivity index (χ3v) is 2.85. The third-order valence-electron chi connectivity index (χ3n) is 2.85. The summed E-state index contributed by atoms with van der Waals surface area (Å²) in [6.45, 7) is 2.17. The first-order valence-electron chi connectivity index (χ1n) is 6.50. The Kier molecular flexibility index (Phi) is 4.67. The number of pyridine rings is 1. The monoisotopic (exact) mass is 255 g/mol. The predicted molar refractivity (Wildman–Crippen MR) is 74.2 cm³/mol. The van der Waals surface area contributed by atoms with Gasteiger partial charge < -0.3 is 4.74 Å². The normalized spacial score (nSPS) is 10.2. The summed E-state index contributed by atoms with van der Waals surface area (Å²) in [6, 6.07) is 11.1. The number of nitrogens with zero attached hydrogens (tertiary/aromatic N) is 1. The van der Waals surface area contributed by atoms with Crippen LogP contribution in [0.25, 0.3) is 0 Å². The minimum Gasteiger partial charge on any atom is -0.423 e. The Balaban J connectivity index is 1.98. The zero-order chi connectivity index (χ0) is 13.5. The molecule has 0 aliphatic heterocycles. The second-order valence-electron chi connectivity index (χ2n) is 4.38. The highest BCUT2D eigenvalue weighted by Crippen LogP contribution is 2.15. The average Bonchev–Trinajstić information content (AvgIpc) is 2.47. The van der Waals surface area contributed by atoms with Gasteiger partial charge in [0.1, 0.15) is 5.75 Å². The van der Waals surface area contributed by atoms with Gasteiger partial charge in [0, 0.05) is 12.4 Å². The van der Waals surface area contributed by atoms with Crippen LogP contribution in [0.15, 0.2) is 48.8 Å². The van der Waals surface area contributed by atoms with Crippen molar-refractivity contribution in [2.45, 2.75) is 26.2 Å². The highest BCUT2D eigenvalue weighted by Gasteiger charge is 2.07. The van der Waals surface area contributed by atoms with Crippen LogP contribution in [0, 0.1) is 0 Å². The van der Waals surface area contributed by atoms with Crippen LogP contribution in [0.1, 0.15) is 35.7 Å². The minimum absolute atomic E-state index is 0.380. The van der Waals surface area contributed by atoms with Gasteiger partial charge in [0.15, 0.2) is 0 Å². The van der Waals surface area contributed by atoms with Crippen LogP contribution in [-0.2, 0) is 6.42 Å². The van der Waals surface area contributed by atoms with Gasteiger partial charge in [-0.2, -0.15) is 0 Å². The van der Waals surface area contributed by atoms with Crippen molar-refractivity contribution in [3.8, 4) is 5.75 Å². The summed E-state index contributed by atoms with van der Waals surface area (Å²) >= 11 is 0. The van der Waals surface area contributed by atoms with Gasteiger partial charge in [0.25, 0.3) is 0 Å². The van der Waals surface area contributed by atoms with Crippen molar-refractivity contribution in [3.05, 3.63) is 59.9 Å². The molecule has 3 heteroatoms. The topological polar surface area (TPSA) is 39.2 Å². The zero-order valence-corrected chi connectivity index (χ0v) is 11.0. The predicted octanol–water partition coefficient (Wildman–Crippen LogP) is 3.64. The van der Waals surface area contributed by atoms with Crippen LogP contribution in [0.4, 0.5) is 0 Å². The van der Waals surface area contributed by atoms with E-state index >= 15 is 0 Å². The lowest BCUT2D eigenvalue weighted by molar-refractivity contribution is 0.0734. The number of ether oxygens (including phenoxy) is 1. The Morgan fingerprint density at radius 1 is 1.21 bits per heavy atom. The Morgan fingerprint density at radius 3 is 2.63 bits per heavy atom. The molecule has 2 rings (SSSR count). The number of benzene rings is 1. The molecule has 0 N–H and O–H groups in total. The lowest BCUT2D eigenvalue weighted by Crippen LogP contribution is -2.08. The standard InChI is InChI=1S/C16H17NO2/c1-2-3-5-13-7-9-15(10-8-13)19-16(18)14-6-4-11-17-12-14/h4,6-12H,2-3,5H2,1H3. The Labute approximate surface area is 113 Å². The van der Waals surface area contributed by atoms with Crippen molar-refractivity contribution < 1.29 is 9.53 Å². The summed E-state index contributed by atoms with van der Waals surface area (Å²) in [5, 5.41) is 0. The molecule has 0 unspecified atom stereocenters. The molecule has 0 radical (unpaired) electrons. The van der Waals surface area contributed by atoms with E-state index in [2.05, 4.69) is 11.9 Å². The molecule has 0 aliphatic rings. The summed E-state index contributed by atoms with van der Waals surface area (Å²) in [4.78, 5) is 15.7. The molecular formula is C16H17NO2. The molecule has 0 amide bonds. The molecule has 0 aliphatic carbocycles. The Hall–Kier alpha value is -2.16. The fourth-order valence-electron chi connectivity index (χ4n) is 1.75. The Bertz CT molecular complexity index is 520. The largest absolute Gasteiger partial charge is 0.423 e. The number of rotatable bonds is 5. The summed E-state index contributed by atoms with van der Waals surface area (Å²) in [5.41, 5.74) is 1.72. The number of hydrogen-bond donors (Lipinski definition) is 0. The van der Waals surface area contributed by atoms with Crippen molar-refractivity contribution >= 4 is 5.97 Å². The first-order chi connectivity index (χ1) is 9.29. The van der Waals surface area contributed by atoms with Crippen molar-refractivity contribution in [1.82, 2.24) is 4.98 Å². The molecule has 2 aromatic rings. The van der Waals surface area contributed by atoms with E-state index < -0.39 is 0 Å². The van der Waals surface area contributed by atoms with E-state index in [1.165, 1.54) is 24.6 Å². The number of aromatic nitrogens is 1. The van der Waals surface area contributed by atoms with Crippen molar-refractivity contribution in [1.29, 1.82) is 0 Å². The summed E-state index contributed by atoms with van der Waals surface area (Å²) in [6.07, 6.45) is 6.54. The van der Waals surface area contributed by atoms with Crippen molar-refractivity contribution in [2.75, 3.05) is 0 Å². The van der Waals surface area contributed by atoms with Crippen LogP contribution in [0.2, 0.25) is 0 Å². The molecule has 98 valence electrons. The van der Waals surface area contributed by atoms with Gasteiger partial charge in [0.05, 0.1) is 5.56 Å². The van der Waals surface area contributed by atoms with E-state index in [1.54, 1.807) is 18.3 Å². The molecule has 0 saturated carbocycles. The number of carbonyl (C=O) groups excluding carboxylic acids is 1. The maximum atomic E-state index is 11.8. The third kappa shape index (κ3) is 3.91. The molecule has 0 fully saturated rings. The molecule has 0 bridgehead atoms. The molecule has 19 heavy (non-hydrogen) atoms. The highest BCUT2D eigenvalue weighted by molar-refractivity contribution is 5.90. The molecule has 1 aromatic carbocycles. The van der Waals surface area contributed by atoms with Gasteiger partial charge in [-0.25, -0.2) is 4.79 Å². The lowest BCUT2D eigenvalue weighted by atomic mass is 10.1. The summed E-state index contributed by atoms with van der Waals surface area (Å²) < 4.78 is 5.28. The summed E-state index contributed by atoms with van der Waals surface area (Å²) in [5.74, 6) is 0.184. The number of aryl methyl sites for hydroxylation is 1. The van der Waals surface area contributed by atoms with E-state index in [1.807, 2.05) is 24.3 Å². The van der Waals surface area contributed by atoms with Gasteiger partial charge in [-0.3, -0.25) is 4.98 Å². The summed E-state index contributed by atoms with van der Waals surface area (Å²) in [7, 11) is 0. The molecule has 0 atom stereocenters. The second-order valence-corrected chi connectivity index (χ2v) is 4.38. The van der Waals surface area contributed by atoms with Crippen molar-refractivity contribution in [3.63, 3.8) is 0 Å². The van der Waals surface area contributed by atoms with Gasteiger partial charge in [0.2, 0.25) is 0 Å². The van der Waals surface area contributed by atoms with E-state index in [4.69, 9.17) is 4.74 Å². The van der Waals surface area contributed by atoms with E-state index in [0.29, 0.717) is 11.3 Å². The van der Waals surface area contributed by atoms with E-state index in [9.17, 15) is 4.79 Å². The van der Waals surface area contributed by atoms with Crippen LogP contribution < -0.4 is 4.74 Å². The number of hydrogen-bond acceptors (Lipinski definition) is 3. The van der Waals surface area contributed by atoms with Gasteiger partial charge >= 0.3 is 5.97 Å².